The fourth-order valence-corrected chi connectivity index (χ4v) is 4.93. The summed E-state index contributed by atoms with van der Waals surface area (Å²) >= 11 is 0. The molecule has 0 spiro atoms. The van der Waals surface area contributed by atoms with Crippen molar-refractivity contribution in [1.82, 2.24) is 19.3 Å². The van der Waals surface area contributed by atoms with Gasteiger partial charge in [0.05, 0.1) is 10.6 Å². The van der Waals surface area contributed by atoms with Crippen LogP contribution in [0.2, 0.25) is 0 Å². The highest BCUT2D eigenvalue weighted by Crippen LogP contribution is 2.20. The van der Waals surface area contributed by atoms with Crippen LogP contribution in [-0.2, 0) is 21.2 Å². The van der Waals surface area contributed by atoms with Crippen molar-refractivity contribution in [2.75, 3.05) is 5.32 Å². The predicted octanol–water partition coefficient (Wildman–Crippen LogP) is 3.30. The number of rotatable bonds is 6. The van der Waals surface area contributed by atoms with Crippen molar-refractivity contribution in [2.45, 2.75) is 64.8 Å². The molecule has 0 atom stereocenters. The normalized spacial score (nSPS) is 12.3. The Labute approximate surface area is 183 Å². The molecule has 0 radical (unpaired) electrons. The molecule has 0 saturated heterocycles. The second kappa shape index (κ2) is 8.39. The Hall–Kier alpha value is -2.78. The summed E-state index contributed by atoms with van der Waals surface area (Å²) in [5, 5.41) is 7.25. The molecule has 31 heavy (non-hydrogen) atoms. The van der Waals surface area contributed by atoms with Crippen molar-refractivity contribution in [3.05, 3.63) is 53.0 Å². The van der Waals surface area contributed by atoms with E-state index in [2.05, 4.69) is 20.1 Å². The molecular weight excluding hydrogens is 414 g/mol. The number of aryl methyl sites for hydroxylation is 3. The molecule has 1 amide bonds. The van der Waals surface area contributed by atoms with Crippen molar-refractivity contribution in [3.63, 3.8) is 0 Å². The van der Waals surface area contributed by atoms with E-state index in [9.17, 15) is 13.2 Å². The molecular formula is C22H29N5O3S. The van der Waals surface area contributed by atoms with E-state index < -0.39 is 15.6 Å². The first-order valence-corrected chi connectivity index (χ1v) is 11.6. The van der Waals surface area contributed by atoms with Crippen LogP contribution in [0, 0.1) is 20.8 Å². The average Bonchev–Trinajstić information content (AvgIpc) is 3.00. The van der Waals surface area contributed by atoms with Crippen LogP contribution in [-0.4, -0.2) is 34.5 Å². The topological polar surface area (TPSA) is 105 Å². The van der Waals surface area contributed by atoms with Gasteiger partial charge in [-0.3, -0.25) is 4.79 Å². The number of nitrogens with zero attached hydrogens (tertiary/aromatic N) is 3. The van der Waals surface area contributed by atoms with Gasteiger partial charge in [0.2, 0.25) is 15.9 Å². The predicted molar refractivity (Wildman–Crippen MR) is 121 cm³/mol. The fourth-order valence-electron chi connectivity index (χ4n) is 3.47. The number of anilines is 1. The Kier molecular flexibility index (Phi) is 6.20. The van der Waals surface area contributed by atoms with Crippen LogP contribution >= 0.6 is 0 Å². The maximum atomic E-state index is 12.5. The van der Waals surface area contributed by atoms with Crippen molar-refractivity contribution < 1.29 is 13.2 Å². The number of nitrogens with one attached hydrogen (secondary N) is 2. The van der Waals surface area contributed by atoms with Gasteiger partial charge in [0, 0.05) is 35.1 Å². The minimum absolute atomic E-state index is 0.107. The highest BCUT2D eigenvalue weighted by atomic mass is 32.2. The summed E-state index contributed by atoms with van der Waals surface area (Å²) in [5.74, 6) is -0.200. The van der Waals surface area contributed by atoms with Gasteiger partial charge in [-0.2, -0.15) is 5.10 Å². The molecule has 0 aliphatic rings. The van der Waals surface area contributed by atoms with Crippen LogP contribution in [0.25, 0.3) is 5.65 Å². The highest BCUT2D eigenvalue weighted by molar-refractivity contribution is 7.89. The van der Waals surface area contributed by atoms with Crippen molar-refractivity contribution in [3.8, 4) is 0 Å². The van der Waals surface area contributed by atoms with Gasteiger partial charge in [-0.15, -0.1) is 0 Å². The smallest absolute Gasteiger partial charge is 0.241 e. The van der Waals surface area contributed by atoms with Crippen LogP contribution in [0.5, 0.6) is 0 Å². The summed E-state index contributed by atoms with van der Waals surface area (Å²) in [7, 11) is -3.68. The Morgan fingerprint density at radius 3 is 2.52 bits per heavy atom. The number of fused-ring (bicyclic) bond motifs is 1. The van der Waals surface area contributed by atoms with E-state index in [-0.39, 0.29) is 17.2 Å². The van der Waals surface area contributed by atoms with Gasteiger partial charge < -0.3 is 5.32 Å². The third kappa shape index (κ3) is 5.48. The number of hydrogen-bond donors (Lipinski definition) is 2. The molecule has 0 bridgehead atoms. The lowest BCUT2D eigenvalue weighted by Gasteiger charge is -2.20. The zero-order valence-electron chi connectivity index (χ0n) is 18.8. The Morgan fingerprint density at radius 1 is 1.13 bits per heavy atom. The van der Waals surface area contributed by atoms with Gasteiger partial charge in [-0.05, 0) is 71.7 Å². The second-order valence-corrected chi connectivity index (χ2v) is 10.4. The summed E-state index contributed by atoms with van der Waals surface area (Å²) in [6.07, 6.45) is 0.751. The third-order valence-electron chi connectivity index (χ3n) is 4.76. The van der Waals surface area contributed by atoms with Crippen LogP contribution in [0.3, 0.4) is 0 Å². The number of benzene rings is 1. The van der Waals surface area contributed by atoms with Crippen LogP contribution in [0.1, 0.15) is 49.8 Å². The van der Waals surface area contributed by atoms with E-state index in [1.165, 1.54) is 12.1 Å². The Morgan fingerprint density at radius 2 is 1.84 bits per heavy atom. The van der Waals surface area contributed by atoms with E-state index in [1.807, 2.05) is 26.8 Å². The first-order chi connectivity index (χ1) is 14.4. The molecule has 3 rings (SSSR count). The molecule has 2 heterocycles. The Balaban J connectivity index is 1.72. The zero-order valence-corrected chi connectivity index (χ0v) is 19.6. The van der Waals surface area contributed by atoms with Crippen molar-refractivity contribution >= 4 is 27.3 Å². The van der Waals surface area contributed by atoms with Gasteiger partial charge >= 0.3 is 0 Å². The number of hydrogen-bond acceptors (Lipinski definition) is 5. The average molecular weight is 444 g/mol. The molecule has 0 fully saturated rings. The summed E-state index contributed by atoms with van der Waals surface area (Å²) < 4.78 is 29.5. The lowest BCUT2D eigenvalue weighted by Crippen LogP contribution is -2.40. The molecule has 2 aromatic heterocycles. The van der Waals surface area contributed by atoms with E-state index in [0.29, 0.717) is 12.1 Å². The monoisotopic (exact) mass is 443 g/mol. The van der Waals surface area contributed by atoms with Gasteiger partial charge in [-0.25, -0.2) is 22.6 Å². The quantitative estimate of drug-likeness (QED) is 0.608. The molecule has 0 unspecified atom stereocenters. The van der Waals surface area contributed by atoms with Gasteiger partial charge in [-0.1, -0.05) is 6.07 Å². The number of amides is 1. The second-order valence-electron chi connectivity index (χ2n) is 8.75. The minimum atomic E-state index is -3.68. The molecule has 0 aliphatic carbocycles. The van der Waals surface area contributed by atoms with E-state index in [1.54, 1.807) is 37.4 Å². The van der Waals surface area contributed by atoms with Gasteiger partial charge in [0.1, 0.15) is 0 Å². The molecule has 8 nitrogen and oxygen atoms in total. The fraction of sp³-hybridized carbons (Fsp3) is 0.409. The molecule has 3 aromatic rings. The molecule has 0 aliphatic heterocycles. The molecule has 9 heteroatoms. The number of aromatic nitrogens is 3. The van der Waals surface area contributed by atoms with Gasteiger partial charge in [0.25, 0.3) is 0 Å². The zero-order chi connectivity index (χ0) is 23.0. The maximum Gasteiger partial charge on any atom is 0.241 e. The lowest BCUT2D eigenvalue weighted by atomic mass is 10.1. The first-order valence-electron chi connectivity index (χ1n) is 10.1. The molecule has 1 aromatic carbocycles. The summed E-state index contributed by atoms with van der Waals surface area (Å²) in [5.41, 5.74) is 4.34. The van der Waals surface area contributed by atoms with Crippen LogP contribution in [0.15, 0.2) is 35.2 Å². The van der Waals surface area contributed by atoms with Crippen LogP contribution < -0.4 is 10.0 Å². The molecule has 166 valence electrons. The third-order valence-corrected chi connectivity index (χ3v) is 6.51. The van der Waals surface area contributed by atoms with Crippen LogP contribution in [0.4, 0.5) is 5.69 Å². The summed E-state index contributed by atoms with van der Waals surface area (Å²) in [4.78, 5) is 17.2. The number of sulfonamides is 1. The number of carbonyl (C=O) groups excluding carboxylic acids is 1. The highest BCUT2D eigenvalue weighted by Gasteiger charge is 2.22. The SMILES string of the molecule is Cc1cc2nc(C)c(CCC(=O)Nc3cccc(S(=O)(=O)NC(C)(C)C)c3)c(C)n2n1. The lowest BCUT2D eigenvalue weighted by molar-refractivity contribution is -0.116. The Bertz CT molecular complexity index is 1240. The minimum Gasteiger partial charge on any atom is -0.326 e. The summed E-state index contributed by atoms with van der Waals surface area (Å²) in [6, 6.07) is 8.17. The van der Waals surface area contributed by atoms with Crippen molar-refractivity contribution in [1.29, 1.82) is 0 Å². The summed E-state index contributed by atoms with van der Waals surface area (Å²) in [6.45, 7) is 11.1. The van der Waals surface area contributed by atoms with Gasteiger partial charge in [0.15, 0.2) is 5.65 Å². The number of carbonyl (C=O) groups is 1. The van der Waals surface area contributed by atoms with E-state index in [4.69, 9.17) is 0 Å². The standard InChI is InChI=1S/C22H29N5O3S/c1-14-12-20-23-15(2)19(16(3)27(20)25-14)10-11-21(28)24-17-8-7-9-18(13-17)31(29,30)26-22(4,5)6/h7-9,12-13,26H,10-11H2,1-6H3,(H,24,28). The van der Waals surface area contributed by atoms with Crippen molar-refractivity contribution in [2.24, 2.45) is 0 Å². The maximum absolute atomic E-state index is 12.5. The molecule has 0 saturated carbocycles. The van der Waals surface area contributed by atoms with E-state index in [0.717, 1.165) is 28.3 Å². The first kappa shape index (κ1) is 22.9. The molecule has 2 N–H and O–H groups in total. The largest absolute Gasteiger partial charge is 0.326 e. The van der Waals surface area contributed by atoms with E-state index >= 15 is 0 Å².